The summed E-state index contributed by atoms with van der Waals surface area (Å²) in [6, 6.07) is 5.68. The molecule has 1 saturated heterocycles. The Balaban J connectivity index is 2.09. The molecule has 1 aromatic rings. The van der Waals surface area contributed by atoms with E-state index < -0.39 is 0 Å². The van der Waals surface area contributed by atoms with Crippen LogP contribution in [0.2, 0.25) is 0 Å². The van der Waals surface area contributed by atoms with E-state index in [-0.39, 0.29) is 5.91 Å². The number of thiocarbonyl (C=S) groups is 1. The molecule has 1 aliphatic rings. The molecule has 1 fully saturated rings. The third-order valence-corrected chi connectivity index (χ3v) is 5.42. The molecule has 0 N–H and O–H groups in total. The number of hydrogen-bond acceptors (Lipinski definition) is 6. The lowest BCUT2D eigenvalue weighted by atomic mass is 10.1. The minimum Gasteiger partial charge on any atom is -0.493 e. The monoisotopic (exact) mass is 409 g/mol. The number of amides is 1. The highest BCUT2D eigenvalue weighted by atomic mass is 32.2. The van der Waals surface area contributed by atoms with E-state index in [9.17, 15) is 4.79 Å². The number of nitrogens with zero attached hydrogens (tertiary/aromatic N) is 1. The van der Waals surface area contributed by atoms with Gasteiger partial charge in [0, 0.05) is 20.3 Å². The number of carbonyl (C=O) groups is 1. The van der Waals surface area contributed by atoms with Crippen LogP contribution in [-0.2, 0) is 9.53 Å². The molecule has 0 bridgehead atoms. The van der Waals surface area contributed by atoms with Gasteiger partial charge in [-0.05, 0) is 42.5 Å². The van der Waals surface area contributed by atoms with Crippen molar-refractivity contribution in [2.24, 2.45) is 5.92 Å². The van der Waals surface area contributed by atoms with Gasteiger partial charge in [-0.2, -0.15) is 0 Å². The maximum absolute atomic E-state index is 12.6. The first-order chi connectivity index (χ1) is 13.0. The summed E-state index contributed by atoms with van der Waals surface area (Å²) in [5.41, 5.74) is 0.875. The summed E-state index contributed by atoms with van der Waals surface area (Å²) in [5.74, 6) is 1.89. The fourth-order valence-electron chi connectivity index (χ4n) is 2.51. The average Bonchev–Trinajstić information content (AvgIpc) is 2.90. The Kier molecular flexibility index (Phi) is 8.60. The normalized spacial score (nSPS) is 15.9. The zero-order chi connectivity index (χ0) is 19.8. The minimum atomic E-state index is -0.0580. The minimum absolute atomic E-state index is 0.0580. The SMILES string of the molecule is COCCCN1C(=O)C(=Cc2ccc(OCCC(C)C)c(OC)c2)SC1=S. The van der Waals surface area contributed by atoms with Crippen molar-refractivity contribution in [3.05, 3.63) is 28.7 Å². The van der Waals surface area contributed by atoms with Crippen molar-refractivity contribution in [3.8, 4) is 11.5 Å². The maximum atomic E-state index is 12.6. The Morgan fingerprint density at radius 2 is 2.00 bits per heavy atom. The lowest BCUT2D eigenvalue weighted by Gasteiger charge is -2.13. The van der Waals surface area contributed by atoms with E-state index in [0.717, 1.165) is 18.4 Å². The van der Waals surface area contributed by atoms with Crippen molar-refractivity contribution < 1.29 is 19.0 Å². The van der Waals surface area contributed by atoms with Crippen LogP contribution in [-0.4, -0.2) is 49.1 Å². The molecular weight excluding hydrogens is 382 g/mol. The Hall–Kier alpha value is -1.57. The molecule has 1 aliphatic heterocycles. The van der Waals surface area contributed by atoms with Crippen LogP contribution in [0.15, 0.2) is 23.1 Å². The van der Waals surface area contributed by atoms with Crippen LogP contribution in [0.1, 0.15) is 32.3 Å². The van der Waals surface area contributed by atoms with Crippen LogP contribution >= 0.6 is 24.0 Å². The number of hydrogen-bond donors (Lipinski definition) is 0. The molecule has 0 spiro atoms. The highest BCUT2D eigenvalue weighted by molar-refractivity contribution is 8.26. The third-order valence-electron chi connectivity index (χ3n) is 4.04. The van der Waals surface area contributed by atoms with E-state index in [4.69, 9.17) is 26.4 Å². The van der Waals surface area contributed by atoms with E-state index >= 15 is 0 Å². The van der Waals surface area contributed by atoms with Crippen LogP contribution in [0.4, 0.5) is 0 Å². The zero-order valence-corrected chi connectivity index (χ0v) is 18.0. The van der Waals surface area contributed by atoms with E-state index in [0.29, 0.717) is 46.4 Å². The third kappa shape index (κ3) is 6.23. The molecule has 0 saturated carbocycles. The van der Waals surface area contributed by atoms with Gasteiger partial charge >= 0.3 is 0 Å². The summed E-state index contributed by atoms with van der Waals surface area (Å²) in [4.78, 5) is 14.8. The fraction of sp³-hybridized carbons (Fsp3) is 0.500. The summed E-state index contributed by atoms with van der Waals surface area (Å²) in [5, 5.41) is 0. The second-order valence-electron chi connectivity index (χ2n) is 6.62. The molecule has 0 aliphatic carbocycles. The number of benzene rings is 1. The summed E-state index contributed by atoms with van der Waals surface area (Å²) >= 11 is 6.67. The van der Waals surface area contributed by atoms with Crippen molar-refractivity contribution in [2.45, 2.75) is 26.7 Å². The topological polar surface area (TPSA) is 48.0 Å². The first-order valence-corrected chi connectivity index (χ1v) is 10.2. The Morgan fingerprint density at radius 3 is 2.67 bits per heavy atom. The van der Waals surface area contributed by atoms with Crippen molar-refractivity contribution in [3.63, 3.8) is 0 Å². The zero-order valence-electron chi connectivity index (χ0n) is 16.3. The Bertz CT molecular complexity index is 703. The molecule has 0 radical (unpaired) electrons. The van der Waals surface area contributed by atoms with Crippen molar-refractivity contribution in [1.29, 1.82) is 0 Å². The first-order valence-electron chi connectivity index (χ1n) is 9.01. The van der Waals surface area contributed by atoms with Crippen molar-refractivity contribution in [1.82, 2.24) is 4.90 Å². The number of methoxy groups -OCH3 is 2. The van der Waals surface area contributed by atoms with Gasteiger partial charge in [-0.1, -0.05) is 43.9 Å². The van der Waals surface area contributed by atoms with Gasteiger partial charge in [0.05, 0.1) is 18.6 Å². The number of carbonyl (C=O) groups excluding carboxylic acids is 1. The largest absolute Gasteiger partial charge is 0.493 e. The smallest absolute Gasteiger partial charge is 0.266 e. The molecule has 1 aromatic carbocycles. The van der Waals surface area contributed by atoms with Gasteiger partial charge in [-0.25, -0.2) is 0 Å². The van der Waals surface area contributed by atoms with Gasteiger partial charge in [-0.3, -0.25) is 9.69 Å². The van der Waals surface area contributed by atoms with Gasteiger partial charge in [0.1, 0.15) is 4.32 Å². The standard InChI is InChI=1S/C20H27NO4S2/c1-14(2)8-11-25-16-7-6-15(12-17(16)24-4)13-18-19(22)21(20(26)27-18)9-5-10-23-3/h6-7,12-14H,5,8-11H2,1-4H3. The molecule has 7 heteroatoms. The van der Waals surface area contributed by atoms with Crippen LogP contribution in [0, 0.1) is 5.92 Å². The van der Waals surface area contributed by atoms with Gasteiger partial charge in [0.25, 0.3) is 5.91 Å². The molecular formula is C20H27NO4S2. The fourth-order valence-corrected chi connectivity index (χ4v) is 3.82. The second-order valence-corrected chi connectivity index (χ2v) is 8.30. The number of thioether (sulfide) groups is 1. The van der Waals surface area contributed by atoms with E-state index in [1.165, 1.54) is 11.8 Å². The lowest BCUT2D eigenvalue weighted by Crippen LogP contribution is -2.29. The second kappa shape index (κ2) is 10.7. The molecule has 0 unspecified atom stereocenters. The van der Waals surface area contributed by atoms with Crippen molar-refractivity contribution >= 4 is 40.3 Å². The lowest BCUT2D eigenvalue weighted by molar-refractivity contribution is -0.122. The van der Waals surface area contributed by atoms with Crippen molar-refractivity contribution in [2.75, 3.05) is 34.0 Å². The molecule has 2 rings (SSSR count). The Morgan fingerprint density at radius 1 is 1.22 bits per heavy atom. The summed E-state index contributed by atoms with van der Waals surface area (Å²) in [7, 11) is 3.26. The molecule has 0 atom stereocenters. The number of ether oxygens (including phenoxy) is 3. The van der Waals surface area contributed by atoms with Crippen LogP contribution in [0.5, 0.6) is 11.5 Å². The molecule has 1 amide bonds. The average molecular weight is 410 g/mol. The summed E-state index contributed by atoms with van der Waals surface area (Å²) < 4.78 is 16.9. The van der Waals surface area contributed by atoms with Gasteiger partial charge in [0.2, 0.25) is 0 Å². The van der Waals surface area contributed by atoms with E-state index in [1.54, 1.807) is 19.1 Å². The quantitative estimate of drug-likeness (QED) is 0.325. The van der Waals surface area contributed by atoms with Gasteiger partial charge < -0.3 is 14.2 Å². The molecule has 5 nitrogen and oxygen atoms in total. The summed E-state index contributed by atoms with van der Waals surface area (Å²) in [6.07, 6.45) is 3.58. The predicted molar refractivity (Wildman–Crippen MR) is 114 cm³/mol. The van der Waals surface area contributed by atoms with E-state index in [2.05, 4.69) is 13.8 Å². The van der Waals surface area contributed by atoms with Crippen LogP contribution < -0.4 is 9.47 Å². The predicted octanol–water partition coefficient (Wildman–Crippen LogP) is 4.36. The molecule has 27 heavy (non-hydrogen) atoms. The molecule has 0 aromatic heterocycles. The highest BCUT2D eigenvalue weighted by Crippen LogP contribution is 2.34. The molecule has 1 heterocycles. The maximum Gasteiger partial charge on any atom is 0.266 e. The molecule has 148 valence electrons. The summed E-state index contributed by atoms with van der Waals surface area (Å²) in [6.45, 7) is 6.14. The van der Waals surface area contributed by atoms with Crippen LogP contribution in [0.3, 0.4) is 0 Å². The van der Waals surface area contributed by atoms with Gasteiger partial charge in [0.15, 0.2) is 11.5 Å². The number of rotatable bonds is 10. The highest BCUT2D eigenvalue weighted by Gasteiger charge is 2.31. The van der Waals surface area contributed by atoms with Gasteiger partial charge in [-0.15, -0.1) is 0 Å². The van der Waals surface area contributed by atoms with E-state index in [1.807, 2.05) is 24.3 Å². The first kappa shape index (κ1) is 21.7. The Labute approximate surface area is 171 Å². The van der Waals surface area contributed by atoms with Crippen LogP contribution in [0.25, 0.3) is 6.08 Å².